The highest BCUT2D eigenvalue weighted by molar-refractivity contribution is 5.94. The fraction of sp³-hybridized carbons (Fsp3) is 0.333. The molecular formula is C24H18F4N6. The van der Waals surface area contributed by atoms with Crippen LogP contribution in [0.2, 0.25) is 0 Å². The number of rotatable bonds is 1. The number of benzene rings is 1. The first-order valence-corrected chi connectivity index (χ1v) is 10.9. The number of halogens is 4. The zero-order chi connectivity index (χ0) is 23.7. The zero-order valence-corrected chi connectivity index (χ0v) is 18.1. The number of aryl methyl sites for hydroxylation is 1. The molecule has 3 aromatic heterocycles. The van der Waals surface area contributed by atoms with Crippen LogP contribution in [0.3, 0.4) is 0 Å². The molecule has 1 aliphatic heterocycles. The highest BCUT2D eigenvalue weighted by Crippen LogP contribution is 2.57. The van der Waals surface area contributed by atoms with Crippen molar-refractivity contribution in [1.82, 2.24) is 24.6 Å². The average Bonchev–Trinajstić information content (AvgIpc) is 3.53. The number of nitrogens with zero attached hydrogens (tertiary/aromatic N) is 6. The van der Waals surface area contributed by atoms with E-state index in [2.05, 4.69) is 32.0 Å². The molecule has 6 rings (SSSR count). The van der Waals surface area contributed by atoms with E-state index in [0.717, 1.165) is 5.56 Å². The Balaban J connectivity index is 1.52. The van der Waals surface area contributed by atoms with Crippen molar-refractivity contribution in [3.8, 4) is 11.8 Å². The van der Waals surface area contributed by atoms with Crippen LogP contribution in [-0.2, 0) is 6.42 Å². The minimum Gasteiger partial charge on any atom is -0.324 e. The zero-order valence-electron chi connectivity index (χ0n) is 18.1. The molecule has 0 unspecified atom stereocenters. The second-order valence-corrected chi connectivity index (χ2v) is 8.72. The summed E-state index contributed by atoms with van der Waals surface area (Å²) in [5, 5.41) is 8.52. The summed E-state index contributed by atoms with van der Waals surface area (Å²) in [5.41, 5.74) is 0.575. The van der Waals surface area contributed by atoms with E-state index in [1.54, 1.807) is 29.7 Å². The van der Waals surface area contributed by atoms with Crippen molar-refractivity contribution in [3.63, 3.8) is 0 Å². The molecule has 1 fully saturated rings. The SMILES string of the molecule is Cc1nnc2nc(N3CCCc4c(C#CC5(C(F)(F)F)CC5)cncc43)c3c(F)cccc3n12. The number of hydrogen-bond donors (Lipinski definition) is 0. The van der Waals surface area contributed by atoms with Gasteiger partial charge in [0.1, 0.15) is 22.9 Å². The van der Waals surface area contributed by atoms with Gasteiger partial charge in [-0.05, 0) is 50.3 Å². The Morgan fingerprint density at radius 3 is 2.71 bits per heavy atom. The third kappa shape index (κ3) is 3.03. The fourth-order valence-electron chi connectivity index (χ4n) is 4.60. The molecule has 1 aromatic carbocycles. The quantitative estimate of drug-likeness (QED) is 0.295. The molecule has 4 heterocycles. The number of fused-ring (bicyclic) bond motifs is 4. The molecule has 0 atom stereocenters. The molecule has 1 saturated carbocycles. The molecule has 4 aromatic rings. The molecule has 0 radical (unpaired) electrons. The van der Waals surface area contributed by atoms with Crippen LogP contribution in [0.15, 0.2) is 30.6 Å². The number of aromatic nitrogens is 5. The van der Waals surface area contributed by atoms with E-state index >= 15 is 4.39 Å². The fourth-order valence-corrected chi connectivity index (χ4v) is 4.60. The smallest absolute Gasteiger partial charge is 0.324 e. The van der Waals surface area contributed by atoms with E-state index < -0.39 is 17.4 Å². The van der Waals surface area contributed by atoms with Crippen LogP contribution in [-0.4, -0.2) is 37.3 Å². The molecule has 2 aliphatic rings. The summed E-state index contributed by atoms with van der Waals surface area (Å²) >= 11 is 0. The van der Waals surface area contributed by atoms with Crippen LogP contribution in [0, 0.1) is 30.0 Å². The summed E-state index contributed by atoms with van der Waals surface area (Å²) < 4.78 is 56.9. The highest BCUT2D eigenvalue weighted by atomic mass is 19.4. The topological polar surface area (TPSA) is 59.2 Å². The van der Waals surface area contributed by atoms with Gasteiger partial charge in [-0.2, -0.15) is 18.2 Å². The summed E-state index contributed by atoms with van der Waals surface area (Å²) in [7, 11) is 0. The maximum atomic E-state index is 15.1. The number of anilines is 2. The summed E-state index contributed by atoms with van der Waals surface area (Å²) in [6, 6.07) is 4.77. The van der Waals surface area contributed by atoms with Crippen molar-refractivity contribution in [2.45, 2.75) is 38.8 Å². The molecule has 0 amide bonds. The molecule has 34 heavy (non-hydrogen) atoms. The van der Waals surface area contributed by atoms with Crippen LogP contribution in [0.5, 0.6) is 0 Å². The van der Waals surface area contributed by atoms with Crippen molar-refractivity contribution in [3.05, 3.63) is 53.4 Å². The van der Waals surface area contributed by atoms with Gasteiger partial charge >= 0.3 is 6.18 Å². The first-order chi connectivity index (χ1) is 16.3. The first-order valence-electron chi connectivity index (χ1n) is 10.9. The molecule has 0 spiro atoms. The normalized spacial score (nSPS) is 16.9. The molecule has 0 bridgehead atoms. The molecule has 0 N–H and O–H groups in total. The van der Waals surface area contributed by atoms with Crippen LogP contribution in [0.25, 0.3) is 16.7 Å². The molecule has 172 valence electrons. The minimum atomic E-state index is -4.35. The van der Waals surface area contributed by atoms with Gasteiger partial charge in [0.05, 0.1) is 22.8 Å². The number of hydrogen-bond acceptors (Lipinski definition) is 5. The lowest BCUT2D eigenvalue weighted by atomic mass is 9.97. The van der Waals surface area contributed by atoms with E-state index in [-0.39, 0.29) is 12.8 Å². The Labute approximate surface area is 191 Å². The van der Waals surface area contributed by atoms with Crippen molar-refractivity contribution in [2.75, 3.05) is 11.4 Å². The predicted octanol–water partition coefficient (Wildman–Crippen LogP) is 4.90. The molecule has 1 aliphatic carbocycles. The third-order valence-corrected chi connectivity index (χ3v) is 6.59. The lowest BCUT2D eigenvalue weighted by Crippen LogP contribution is -2.27. The van der Waals surface area contributed by atoms with Crippen LogP contribution in [0.4, 0.5) is 29.1 Å². The van der Waals surface area contributed by atoms with Crippen molar-refractivity contribution < 1.29 is 17.6 Å². The van der Waals surface area contributed by atoms with E-state index in [1.807, 2.05) is 4.90 Å². The molecular weight excluding hydrogens is 448 g/mol. The van der Waals surface area contributed by atoms with E-state index in [4.69, 9.17) is 0 Å². The van der Waals surface area contributed by atoms with E-state index in [0.29, 0.717) is 59.0 Å². The van der Waals surface area contributed by atoms with Gasteiger partial charge in [-0.15, -0.1) is 10.2 Å². The Kier molecular flexibility index (Phi) is 4.37. The van der Waals surface area contributed by atoms with Crippen molar-refractivity contribution in [1.29, 1.82) is 0 Å². The van der Waals surface area contributed by atoms with Gasteiger partial charge in [-0.25, -0.2) is 4.39 Å². The lowest BCUT2D eigenvalue weighted by molar-refractivity contribution is -0.168. The Hall–Kier alpha value is -3.74. The Morgan fingerprint density at radius 2 is 1.94 bits per heavy atom. The van der Waals surface area contributed by atoms with Gasteiger partial charge in [0.25, 0.3) is 5.78 Å². The number of alkyl halides is 3. The minimum absolute atomic E-state index is 0.0189. The highest BCUT2D eigenvalue weighted by Gasteiger charge is 2.62. The average molecular weight is 466 g/mol. The number of pyridine rings is 1. The second-order valence-electron chi connectivity index (χ2n) is 8.72. The monoisotopic (exact) mass is 466 g/mol. The second kappa shape index (κ2) is 7.13. The van der Waals surface area contributed by atoms with Crippen molar-refractivity contribution >= 4 is 28.2 Å². The van der Waals surface area contributed by atoms with Crippen LogP contribution < -0.4 is 4.90 Å². The molecule has 6 nitrogen and oxygen atoms in total. The van der Waals surface area contributed by atoms with Gasteiger partial charge in [0.2, 0.25) is 0 Å². The van der Waals surface area contributed by atoms with Gasteiger partial charge < -0.3 is 4.90 Å². The van der Waals surface area contributed by atoms with Crippen molar-refractivity contribution in [2.24, 2.45) is 5.41 Å². The predicted molar refractivity (Wildman–Crippen MR) is 117 cm³/mol. The molecule has 0 saturated heterocycles. The van der Waals surface area contributed by atoms with E-state index in [1.165, 1.54) is 12.3 Å². The summed E-state index contributed by atoms with van der Waals surface area (Å²) in [6.45, 7) is 2.31. The van der Waals surface area contributed by atoms with Crippen LogP contribution >= 0.6 is 0 Å². The Morgan fingerprint density at radius 1 is 1.12 bits per heavy atom. The van der Waals surface area contributed by atoms with E-state index in [9.17, 15) is 13.2 Å². The molecule has 10 heteroatoms. The standard InChI is InChI=1S/C24H18F4N6/c1-14-31-32-22-30-21(20-17(25)5-2-6-18(20)34(14)22)33-11-3-4-16-15(12-29-13-19(16)33)7-8-23(9-10-23)24(26,27)28/h2,5-6,12-13H,3-4,9-11H2,1H3. The Bertz CT molecular complexity index is 1520. The first kappa shape index (κ1) is 20.8. The van der Waals surface area contributed by atoms with Gasteiger partial charge in [0, 0.05) is 18.3 Å². The van der Waals surface area contributed by atoms with Gasteiger partial charge in [-0.3, -0.25) is 9.38 Å². The summed E-state index contributed by atoms with van der Waals surface area (Å²) in [6.07, 6.45) is 0.147. The van der Waals surface area contributed by atoms with Crippen LogP contribution in [0.1, 0.15) is 36.2 Å². The van der Waals surface area contributed by atoms with Gasteiger partial charge in [-0.1, -0.05) is 17.9 Å². The maximum absolute atomic E-state index is 15.1. The van der Waals surface area contributed by atoms with Gasteiger partial charge in [0.15, 0.2) is 0 Å². The summed E-state index contributed by atoms with van der Waals surface area (Å²) in [5.74, 6) is 6.07. The maximum Gasteiger partial charge on any atom is 0.405 e. The summed E-state index contributed by atoms with van der Waals surface area (Å²) in [4.78, 5) is 10.7. The largest absolute Gasteiger partial charge is 0.405 e. The third-order valence-electron chi connectivity index (χ3n) is 6.59. The lowest BCUT2D eigenvalue weighted by Gasteiger charge is -2.31.